The topological polar surface area (TPSA) is 217 Å². The van der Waals surface area contributed by atoms with Gasteiger partial charge in [0.25, 0.3) is 0 Å². The Kier molecular flexibility index (Phi) is 18.5. The van der Waals surface area contributed by atoms with Gasteiger partial charge in [-0.05, 0) is 37.8 Å². The summed E-state index contributed by atoms with van der Waals surface area (Å²) in [4.78, 5) is 35.8. The molecule has 1 aliphatic carbocycles. The molecule has 18 nitrogen and oxygen atoms in total. The van der Waals surface area contributed by atoms with E-state index in [1.54, 1.807) is 11.6 Å². The van der Waals surface area contributed by atoms with Crippen molar-refractivity contribution in [3.8, 4) is 17.1 Å². The van der Waals surface area contributed by atoms with E-state index >= 15 is 0 Å². The number of rotatable bonds is 29. The number of nitrogens with zero attached hydrogens (tertiary/aromatic N) is 4. The molecule has 0 unspecified atom stereocenters. The molecule has 0 aliphatic heterocycles. The van der Waals surface area contributed by atoms with Crippen molar-refractivity contribution in [3.05, 3.63) is 36.4 Å². The van der Waals surface area contributed by atoms with E-state index in [1.165, 1.54) is 6.33 Å². The third-order valence-electron chi connectivity index (χ3n) is 9.29. The SMILES string of the molecule is COc1cccc2cc(-c3nc(C4CCC(C(=O)NCCOCCOCCOCCOCCOCCOCCOCCNC=O)CC4)n4ncnc(N)c34)[nH]c12. The van der Waals surface area contributed by atoms with Crippen LogP contribution in [0.15, 0.2) is 30.6 Å². The number of amides is 2. The van der Waals surface area contributed by atoms with Crippen LogP contribution in [0.2, 0.25) is 0 Å². The summed E-state index contributed by atoms with van der Waals surface area (Å²) in [6.07, 6.45) is 5.21. The molecule has 1 aliphatic rings. The van der Waals surface area contributed by atoms with Gasteiger partial charge in [0.1, 0.15) is 29.1 Å². The van der Waals surface area contributed by atoms with Crippen LogP contribution in [0.5, 0.6) is 5.75 Å². The second kappa shape index (κ2) is 24.3. The van der Waals surface area contributed by atoms with Gasteiger partial charge in [0.05, 0.1) is 111 Å². The van der Waals surface area contributed by atoms with Gasteiger partial charge < -0.3 is 59.2 Å². The average molecular weight is 785 g/mol. The van der Waals surface area contributed by atoms with Crippen LogP contribution in [0.1, 0.15) is 37.4 Å². The molecule has 3 heterocycles. The van der Waals surface area contributed by atoms with Crippen molar-refractivity contribution in [1.29, 1.82) is 0 Å². The van der Waals surface area contributed by atoms with E-state index in [4.69, 9.17) is 48.6 Å². The molecule has 1 fully saturated rings. The number of imidazole rings is 1. The van der Waals surface area contributed by atoms with E-state index in [2.05, 4.69) is 25.7 Å². The van der Waals surface area contributed by atoms with Gasteiger partial charge in [0, 0.05) is 30.3 Å². The maximum atomic E-state index is 12.9. The molecule has 56 heavy (non-hydrogen) atoms. The maximum absolute atomic E-state index is 12.9. The molecule has 1 aromatic carbocycles. The lowest BCUT2D eigenvalue weighted by atomic mass is 9.81. The fourth-order valence-electron chi connectivity index (χ4n) is 6.47. The quantitative estimate of drug-likeness (QED) is 0.0459. The normalized spacial score (nSPS) is 15.7. The number of H-pyrrole nitrogens is 1. The highest BCUT2D eigenvalue weighted by Gasteiger charge is 2.31. The molecule has 308 valence electrons. The van der Waals surface area contributed by atoms with Crippen LogP contribution in [-0.2, 0) is 42.7 Å². The van der Waals surface area contributed by atoms with Gasteiger partial charge in [-0.2, -0.15) is 5.10 Å². The number of methoxy groups -OCH3 is 1. The third-order valence-corrected chi connectivity index (χ3v) is 9.29. The van der Waals surface area contributed by atoms with E-state index in [1.807, 2.05) is 24.3 Å². The number of carbonyl (C=O) groups is 2. The number of nitrogens with two attached hydrogens (primary N) is 1. The van der Waals surface area contributed by atoms with E-state index in [0.717, 1.165) is 53.9 Å². The van der Waals surface area contributed by atoms with E-state index in [9.17, 15) is 9.59 Å². The van der Waals surface area contributed by atoms with Crippen LogP contribution in [-0.4, -0.2) is 150 Å². The average Bonchev–Trinajstić information content (AvgIpc) is 3.84. The van der Waals surface area contributed by atoms with Crippen molar-refractivity contribution in [2.45, 2.75) is 31.6 Å². The summed E-state index contributed by atoms with van der Waals surface area (Å²) in [5.74, 6) is 2.04. The molecule has 5 rings (SSSR count). The van der Waals surface area contributed by atoms with Crippen LogP contribution in [0.4, 0.5) is 5.82 Å². The number of hydrogen-bond acceptors (Lipinski definition) is 14. The first-order valence-electron chi connectivity index (χ1n) is 19.2. The molecule has 0 atom stereocenters. The first-order valence-corrected chi connectivity index (χ1v) is 19.2. The van der Waals surface area contributed by atoms with Crippen molar-refractivity contribution in [2.75, 3.05) is 118 Å². The highest BCUT2D eigenvalue weighted by atomic mass is 16.6. The summed E-state index contributed by atoms with van der Waals surface area (Å²) in [6, 6.07) is 7.91. The zero-order chi connectivity index (χ0) is 39.2. The minimum atomic E-state index is -0.0630. The minimum absolute atomic E-state index is 0.0505. The molecule has 0 saturated heterocycles. The Hall–Kier alpha value is -4.43. The lowest BCUT2D eigenvalue weighted by Gasteiger charge is -2.26. The molecule has 0 bridgehead atoms. The molecular formula is C38H56N8O10. The number of anilines is 1. The third kappa shape index (κ3) is 13.1. The maximum Gasteiger partial charge on any atom is 0.223 e. The molecule has 4 aromatic rings. The Morgan fingerprint density at radius 1 is 0.839 bits per heavy atom. The van der Waals surface area contributed by atoms with Gasteiger partial charge in [-0.15, -0.1) is 0 Å². The second-order valence-electron chi connectivity index (χ2n) is 13.0. The minimum Gasteiger partial charge on any atom is -0.495 e. The van der Waals surface area contributed by atoms with Crippen LogP contribution in [0, 0.1) is 5.92 Å². The number of aromatic amines is 1. The van der Waals surface area contributed by atoms with Crippen LogP contribution < -0.4 is 21.1 Å². The largest absolute Gasteiger partial charge is 0.495 e. The van der Waals surface area contributed by atoms with Gasteiger partial charge in [-0.3, -0.25) is 9.59 Å². The zero-order valence-corrected chi connectivity index (χ0v) is 32.2. The summed E-state index contributed by atoms with van der Waals surface area (Å²) in [6.45, 7) is 7.44. The highest BCUT2D eigenvalue weighted by Crippen LogP contribution is 2.39. The summed E-state index contributed by atoms with van der Waals surface area (Å²) < 4.78 is 45.6. The number of carbonyl (C=O) groups excluding carboxylic acids is 2. The Morgan fingerprint density at radius 3 is 1.98 bits per heavy atom. The van der Waals surface area contributed by atoms with Gasteiger partial charge in [-0.1, -0.05) is 12.1 Å². The first-order chi connectivity index (χ1) is 27.6. The Bertz CT molecular complexity index is 1750. The molecule has 3 aromatic heterocycles. The Labute approximate surface area is 326 Å². The van der Waals surface area contributed by atoms with Crippen molar-refractivity contribution < 1.29 is 47.5 Å². The fraction of sp³-hybridized carbons (Fsp3) is 0.605. The molecule has 1 saturated carbocycles. The zero-order valence-electron chi connectivity index (χ0n) is 32.2. The smallest absolute Gasteiger partial charge is 0.223 e. The number of nitrogens with one attached hydrogen (secondary N) is 3. The summed E-state index contributed by atoms with van der Waals surface area (Å²) >= 11 is 0. The van der Waals surface area contributed by atoms with E-state index in [0.29, 0.717) is 129 Å². The number of benzene rings is 1. The van der Waals surface area contributed by atoms with E-state index < -0.39 is 0 Å². The molecule has 0 spiro atoms. The molecule has 0 radical (unpaired) electrons. The number of para-hydroxylation sites is 1. The van der Waals surface area contributed by atoms with Crippen molar-refractivity contribution >= 4 is 34.6 Å². The predicted molar refractivity (Wildman–Crippen MR) is 207 cm³/mol. The second-order valence-corrected chi connectivity index (χ2v) is 13.0. The summed E-state index contributed by atoms with van der Waals surface area (Å²) in [5.41, 5.74) is 9.40. The molecule has 5 N–H and O–H groups in total. The van der Waals surface area contributed by atoms with Crippen LogP contribution in [0.3, 0.4) is 0 Å². The molecule has 18 heteroatoms. The monoisotopic (exact) mass is 784 g/mol. The summed E-state index contributed by atoms with van der Waals surface area (Å²) in [5, 5.41) is 11.1. The lowest BCUT2D eigenvalue weighted by Crippen LogP contribution is -2.35. The van der Waals surface area contributed by atoms with Crippen molar-refractivity contribution in [2.24, 2.45) is 5.92 Å². The standard InChI is InChI=1S/C38H56N8O10/c1-49-32-4-2-3-30-25-31(44-33(30)32)34-35-36(39)42-26-43-46(35)37(45-34)28-5-7-29(8-6-28)38(48)41-10-12-51-14-16-53-18-20-55-22-24-56-23-21-54-19-17-52-15-13-50-11-9-40-27-47/h2-4,25-29,44H,5-24H2,1H3,(H,40,47)(H,41,48)(H2,39,42,43). The van der Waals surface area contributed by atoms with Gasteiger partial charge >= 0.3 is 0 Å². The number of ether oxygens (including phenoxy) is 8. The van der Waals surface area contributed by atoms with E-state index in [-0.39, 0.29) is 17.7 Å². The fourth-order valence-corrected chi connectivity index (χ4v) is 6.47. The predicted octanol–water partition coefficient (Wildman–Crippen LogP) is 2.12. The number of fused-ring (bicyclic) bond motifs is 2. The van der Waals surface area contributed by atoms with Crippen molar-refractivity contribution in [3.63, 3.8) is 0 Å². The lowest BCUT2D eigenvalue weighted by molar-refractivity contribution is -0.126. The molecular weight excluding hydrogens is 728 g/mol. The van der Waals surface area contributed by atoms with Crippen molar-refractivity contribution in [1.82, 2.24) is 35.2 Å². The number of nitrogen functional groups attached to an aromatic ring is 1. The first kappa shape index (κ1) is 42.7. The Morgan fingerprint density at radius 2 is 1.41 bits per heavy atom. The van der Waals surface area contributed by atoms with Gasteiger partial charge in [-0.25, -0.2) is 14.5 Å². The Balaban J connectivity index is 0.861. The van der Waals surface area contributed by atoms with Gasteiger partial charge in [0.2, 0.25) is 12.3 Å². The van der Waals surface area contributed by atoms with Gasteiger partial charge in [0.15, 0.2) is 5.82 Å². The number of hydrogen-bond donors (Lipinski definition) is 4. The highest BCUT2D eigenvalue weighted by molar-refractivity contribution is 5.93. The number of aromatic nitrogens is 5. The molecule has 2 amide bonds. The summed E-state index contributed by atoms with van der Waals surface area (Å²) in [7, 11) is 1.65. The van der Waals surface area contributed by atoms with Crippen LogP contribution in [0.25, 0.3) is 27.8 Å². The van der Waals surface area contributed by atoms with Crippen LogP contribution >= 0.6 is 0 Å².